The monoisotopic (exact) mass is 310 g/mol. The summed E-state index contributed by atoms with van der Waals surface area (Å²) in [7, 11) is 0. The van der Waals surface area contributed by atoms with E-state index in [2.05, 4.69) is 6.58 Å². The fourth-order valence-electron chi connectivity index (χ4n) is 2.43. The van der Waals surface area contributed by atoms with Crippen molar-refractivity contribution < 1.29 is 19.1 Å². The molecule has 0 N–H and O–H groups in total. The fraction of sp³-hybridized carbons (Fsp3) is 0.688. The van der Waals surface area contributed by atoms with Gasteiger partial charge in [-0.1, -0.05) is 6.58 Å². The third-order valence-electron chi connectivity index (χ3n) is 3.73. The van der Waals surface area contributed by atoms with E-state index < -0.39 is 0 Å². The largest absolute Gasteiger partial charge is 0.463 e. The number of likely N-dealkylation sites (tertiary alicyclic amines) is 1. The van der Waals surface area contributed by atoms with Crippen LogP contribution in [-0.4, -0.2) is 59.9 Å². The predicted molar refractivity (Wildman–Crippen MR) is 83.0 cm³/mol. The lowest BCUT2D eigenvalue weighted by atomic mass is 9.97. The number of nitrogens with zero attached hydrogens (tertiary/aromatic N) is 2. The van der Waals surface area contributed by atoms with E-state index in [4.69, 9.17) is 4.74 Å². The molecule has 0 saturated carbocycles. The molecule has 0 bridgehead atoms. The topological polar surface area (TPSA) is 66.9 Å². The quantitative estimate of drug-likeness (QED) is 0.546. The van der Waals surface area contributed by atoms with Gasteiger partial charge in [-0.25, -0.2) is 0 Å². The van der Waals surface area contributed by atoms with E-state index in [1.807, 2.05) is 20.8 Å². The van der Waals surface area contributed by atoms with Crippen LogP contribution in [-0.2, 0) is 19.1 Å². The summed E-state index contributed by atoms with van der Waals surface area (Å²) < 4.78 is 5.21. The van der Waals surface area contributed by atoms with Crippen molar-refractivity contribution in [2.24, 2.45) is 5.92 Å². The lowest BCUT2D eigenvalue weighted by Gasteiger charge is -2.32. The Balaban J connectivity index is 2.47. The molecule has 1 aliphatic heterocycles. The van der Waals surface area contributed by atoms with Gasteiger partial charge in [-0.05, 0) is 39.7 Å². The average Bonchev–Trinajstić information content (AvgIpc) is 2.51. The Morgan fingerprint density at radius 3 is 2.36 bits per heavy atom. The SMILES string of the molecule is C=CC(=O)N(CC)CC(=O)N1CCC(C(=O)OC(C)C)CC1. The van der Waals surface area contributed by atoms with Crippen LogP contribution in [0.4, 0.5) is 0 Å². The fourth-order valence-corrected chi connectivity index (χ4v) is 2.43. The number of carbonyl (C=O) groups is 3. The smallest absolute Gasteiger partial charge is 0.309 e. The predicted octanol–water partition coefficient (Wildman–Crippen LogP) is 1.21. The summed E-state index contributed by atoms with van der Waals surface area (Å²) in [6.07, 6.45) is 2.32. The Labute approximate surface area is 132 Å². The molecular formula is C16H26N2O4. The van der Waals surface area contributed by atoms with Gasteiger partial charge in [-0.3, -0.25) is 14.4 Å². The van der Waals surface area contributed by atoms with Gasteiger partial charge in [0.2, 0.25) is 11.8 Å². The number of hydrogen-bond donors (Lipinski definition) is 0. The second-order valence-electron chi connectivity index (χ2n) is 5.70. The molecule has 0 atom stereocenters. The number of likely N-dealkylation sites (N-methyl/N-ethyl adjacent to an activating group) is 1. The lowest BCUT2D eigenvalue weighted by Crippen LogP contribution is -2.46. The number of piperidine rings is 1. The van der Waals surface area contributed by atoms with Crippen LogP contribution >= 0.6 is 0 Å². The minimum absolute atomic E-state index is 0.0580. The van der Waals surface area contributed by atoms with Crippen LogP contribution in [0.1, 0.15) is 33.6 Å². The third-order valence-corrected chi connectivity index (χ3v) is 3.73. The minimum Gasteiger partial charge on any atom is -0.463 e. The molecular weight excluding hydrogens is 284 g/mol. The molecule has 1 rings (SSSR count). The van der Waals surface area contributed by atoms with Gasteiger partial charge < -0.3 is 14.5 Å². The maximum atomic E-state index is 12.2. The summed E-state index contributed by atoms with van der Waals surface area (Å²) in [6, 6.07) is 0. The van der Waals surface area contributed by atoms with Crippen LogP contribution in [0.3, 0.4) is 0 Å². The van der Waals surface area contributed by atoms with Gasteiger partial charge in [0.15, 0.2) is 0 Å². The maximum Gasteiger partial charge on any atom is 0.309 e. The zero-order valence-corrected chi connectivity index (χ0v) is 13.7. The molecule has 1 fully saturated rings. The average molecular weight is 310 g/mol. The summed E-state index contributed by atoms with van der Waals surface area (Å²) in [5.74, 6) is -0.651. The second kappa shape index (κ2) is 8.56. The molecule has 1 saturated heterocycles. The highest BCUT2D eigenvalue weighted by Gasteiger charge is 2.29. The lowest BCUT2D eigenvalue weighted by molar-refractivity contribution is -0.155. The van der Waals surface area contributed by atoms with Crippen molar-refractivity contribution in [3.05, 3.63) is 12.7 Å². The van der Waals surface area contributed by atoms with Crippen LogP contribution < -0.4 is 0 Å². The van der Waals surface area contributed by atoms with E-state index >= 15 is 0 Å². The van der Waals surface area contributed by atoms with Crippen LogP contribution in [0.25, 0.3) is 0 Å². The molecule has 0 spiro atoms. The van der Waals surface area contributed by atoms with Crippen molar-refractivity contribution in [1.82, 2.24) is 9.80 Å². The number of rotatable bonds is 6. The second-order valence-corrected chi connectivity index (χ2v) is 5.70. The number of ether oxygens (including phenoxy) is 1. The number of carbonyl (C=O) groups excluding carboxylic acids is 3. The Morgan fingerprint density at radius 2 is 1.91 bits per heavy atom. The first-order chi connectivity index (χ1) is 10.4. The first-order valence-corrected chi connectivity index (χ1v) is 7.78. The van der Waals surface area contributed by atoms with Crippen molar-refractivity contribution in [3.63, 3.8) is 0 Å². The molecule has 6 heteroatoms. The Kier molecular flexibility index (Phi) is 7.08. The van der Waals surface area contributed by atoms with Gasteiger partial charge in [0, 0.05) is 19.6 Å². The van der Waals surface area contributed by atoms with E-state index in [1.165, 1.54) is 11.0 Å². The highest BCUT2D eigenvalue weighted by molar-refractivity contribution is 5.91. The standard InChI is InChI=1S/C16H26N2O4/c1-5-14(19)17(6-2)11-15(20)18-9-7-13(8-10-18)16(21)22-12(3)4/h5,12-13H,1,6-11H2,2-4H3. The Hall–Kier alpha value is -1.85. The highest BCUT2D eigenvalue weighted by Crippen LogP contribution is 2.19. The maximum absolute atomic E-state index is 12.2. The van der Waals surface area contributed by atoms with Gasteiger partial charge in [0.25, 0.3) is 0 Å². The van der Waals surface area contributed by atoms with Crippen LogP contribution in [0.2, 0.25) is 0 Å². The van der Waals surface area contributed by atoms with Gasteiger partial charge in [0.05, 0.1) is 18.6 Å². The molecule has 0 aliphatic carbocycles. The molecule has 0 radical (unpaired) electrons. The third kappa shape index (κ3) is 5.16. The van der Waals surface area contributed by atoms with E-state index in [9.17, 15) is 14.4 Å². The van der Waals surface area contributed by atoms with E-state index in [-0.39, 0.29) is 36.4 Å². The summed E-state index contributed by atoms with van der Waals surface area (Å²) in [5.41, 5.74) is 0. The van der Waals surface area contributed by atoms with E-state index in [0.29, 0.717) is 32.5 Å². The Bertz CT molecular complexity index is 426. The van der Waals surface area contributed by atoms with Crippen LogP contribution in [0.15, 0.2) is 12.7 Å². The van der Waals surface area contributed by atoms with Crippen molar-refractivity contribution in [2.75, 3.05) is 26.2 Å². The number of amides is 2. The first kappa shape index (κ1) is 18.2. The summed E-state index contributed by atoms with van der Waals surface area (Å²) in [4.78, 5) is 38.8. The minimum atomic E-state index is -0.244. The van der Waals surface area contributed by atoms with Crippen LogP contribution in [0.5, 0.6) is 0 Å². The molecule has 6 nitrogen and oxygen atoms in total. The first-order valence-electron chi connectivity index (χ1n) is 7.78. The van der Waals surface area contributed by atoms with Gasteiger partial charge in [-0.2, -0.15) is 0 Å². The van der Waals surface area contributed by atoms with Gasteiger partial charge in [0.1, 0.15) is 0 Å². The zero-order valence-electron chi connectivity index (χ0n) is 13.7. The summed E-state index contributed by atoms with van der Waals surface area (Å²) in [5, 5.41) is 0. The van der Waals surface area contributed by atoms with Gasteiger partial charge >= 0.3 is 5.97 Å². The molecule has 0 aromatic heterocycles. The molecule has 1 heterocycles. The molecule has 2 amide bonds. The highest BCUT2D eigenvalue weighted by atomic mass is 16.5. The normalized spacial score (nSPS) is 15.5. The van der Waals surface area contributed by atoms with Crippen molar-refractivity contribution in [3.8, 4) is 0 Å². The summed E-state index contributed by atoms with van der Waals surface area (Å²) >= 11 is 0. The van der Waals surface area contributed by atoms with Crippen molar-refractivity contribution in [2.45, 2.75) is 39.7 Å². The van der Waals surface area contributed by atoms with Gasteiger partial charge in [-0.15, -0.1) is 0 Å². The van der Waals surface area contributed by atoms with Crippen molar-refractivity contribution >= 4 is 17.8 Å². The van der Waals surface area contributed by atoms with E-state index in [1.54, 1.807) is 4.90 Å². The molecule has 0 aromatic carbocycles. The van der Waals surface area contributed by atoms with Crippen LogP contribution in [0, 0.1) is 5.92 Å². The van der Waals surface area contributed by atoms with Crippen molar-refractivity contribution in [1.29, 1.82) is 0 Å². The molecule has 124 valence electrons. The Morgan fingerprint density at radius 1 is 1.32 bits per heavy atom. The molecule has 1 aliphatic rings. The molecule has 0 unspecified atom stereocenters. The molecule has 0 aromatic rings. The zero-order chi connectivity index (χ0) is 16.7. The van der Waals surface area contributed by atoms with E-state index in [0.717, 1.165) is 0 Å². The number of esters is 1. The molecule has 22 heavy (non-hydrogen) atoms. The number of hydrogen-bond acceptors (Lipinski definition) is 4. The summed E-state index contributed by atoms with van der Waals surface area (Å²) in [6.45, 7) is 10.5.